The second-order valence-electron chi connectivity index (χ2n) is 15.4. The van der Waals surface area contributed by atoms with Gasteiger partial charge in [-0.2, -0.15) is 0 Å². The number of carbonyl (C=O) groups excluding carboxylic acids is 2. The van der Waals surface area contributed by atoms with E-state index < -0.39 is 12.1 Å². The van der Waals surface area contributed by atoms with E-state index in [-0.39, 0.29) is 18.5 Å². The van der Waals surface area contributed by atoms with Gasteiger partial charge in [0.1, 0.15) is 0 Å². The maximum atomic E-state index is 12.4. The van der Waals surface area contributed by atoms with Gasteiger partial charge in [-0.15, -0.1) is 0 Å². The number of esters is 1. The molecule has 0 aliphatic carbocycles. The third kappa shape index (κ3) is 39.5. The zero-order valence-electron chi connectivity index (χ0n) is 35.4. The van der Waals surface area contributed by atoms with Crippen LogP contribution in [0.4, 0.5) is 0 Å². The van der Waals surface area contributed by atoms with Crippen LogP contribution >= 0.6 is 0 Å². The van der Waals surface area contributed by atoms with Crippen LogP contribution in [-0.2, 0) is 14.3 Å². The molecule has 0 radical (unpaired) electrons. The number of unbranched alkanes of at least 4 members (excludes halogenated alkanes) is 24. The van der Waals surface area contributed by atoms with Crippen molar-refractivity contribution in [3.63, 3.8) is 0 Å². The van der Waals surface area contributed by atoms with Crippen LogP contribution in [0.15, 0.2) is 48.6 Å². The Morgan fingerprint density at radius 2 is 0.944 bits per heavy atom. The number of aliphatic hydroxyl groups excluding tert-OH is 2. The van der Waals surface area contributed by atoms with E-state index >= 15 is 0 Å². The predicted octanol–water partition coefficient (Wildman–Crippen LogP) is 13.1. The third-order valence-corrected chi connectivity index (χ3v) is 10.1. The molecule has 0 saturated heterocycles. The number of rotatable bonds is 41. The Hall–Kier alpha value is -2.18. The van der Waals surface area contributed by atoms with E-state index in [4.69, 9.17) is 4.74 Å². The van der Waals surface area contributed by atoms with Crippen LogP contribution in [0.5, 0.6) is 0 Å². The van der Waals surface area contributed by atoms with Crippen molar-refractivity contribution in [2.45, 2.75) is 231 Å². The average molecular weight is 758 g/mol. The van der Waals surface area contributed by atoms with Gasteiger partial charge in [0.05, 0.1) is 25.4 Å². The summed E-state index contributed by atoms with van der Waals surface area (Å²) in [7, 11) is 0. The van der Waals surface area contributed by atoms with Gasteiger partial charge < -0.3 is 20.3 Å². The van der Waals surface area contributed by atoms with E-state index in [2.05, 4.69) is 55.6 Å². The maximum Gasteiger partial charge on any atom is 0.305 e. The van der Waals surface area contributed by atoms with Gasteiger partial charge in [0.15, 0.2) is 0 Å². The van der Waals surface area contributed by atoms with Crippen molar-refractivity contribution in [3.05, 3.63) is 48.6 Å². The highest BCUT2D eigenvalue weighted by Gasteiger charge is 2.18. The summed E-state index contributed by atoms with van der Waals surface area (Å²) in [5.41, 5.74) is 0. The number of hydrogen-bond acceptors (Lipinski definition) is 5. The second-order valence-corrected chi connectivity index (χ2v) is 15.4. The van der Waals surface area contributed by atoms with Crippen molar-refractivity contribution in [2.24, 2.45) is 0 Å². The Kier molecular flexibility index (Phi) is 41.8. The van der Waals surface area contributed by atoms with Gasteiger partial charge >= 0.3 is 5.97 Å². The first-order chi connectivity index (χ1) is 26.5. The highest BCUT2D eigenvalue weighted by atomic mass is 16.5. The number of amides is 1. The topological polar surface area (TPSA) is 95.9 Å². The van der Waals surface area contributed by atoms with E-state index in [1.807, 2.05) is 6.08 Å². The summed E-state index contributed by atoms with van der Waals surface area (Å²) < 4.78 is 5.42. The standard InChI is InChI=1S/C48H87NO5/c1-3-5-7-9-11-13-15-16-17-22-26-30-34-38-42-48(53)54-43-39-35-31-27-23-19-18-21-25-29-33-37-41-47(52)49-45(44-50)46(51)40-36-32-28-24-20-14-12-10-8-6-4-2/h9,11,15-16,19,23,36,40,45-46,50-51H,3-8,10,12-14,17-18,20-22,24-35,37-39,41-44H2,1-2H3,(H,49,52)/b11-9-,16-15-,23-19-,40-36+. The van der Waals surface area contributed by atoms with Crippen LogP contribution in [0.3, 0.4) is 0 Å². The summed E-state index contributed by atoms with van der Waals surface area (Å²) in [5, 5.41) is 22.9. The smallest absolute Gasteiger partial charge is 0.305 e. The van der Waals surface area contributed by atoms with Crippen molar-refractivity contribution >= 4 is 11.9 Å². The Morgan fingerprint density at radius 3 is 1.48 bits per heavy atom. The summed E-state index contributed by atoms with van der Waals surface area (Å²) in [6.07, 6.45) is 52.4. The molecule has 0 rings (SSSR count). The normalized spacial score (nSPS) is 13.2. The predicted molar refractivity (Wildman–Crippen MR) is 232 cm³/mol. The first-order valence-corrected chi connectivity index (χ1v) is 22.9. The average Bonchev–Trinajstić information content (AvgIpc) is 3.17. The van der Waals surface area contributed by atoms with Gasteiger partial charge in [0.2, 0.25) is 5.91 Å². The first kappa shape index (κ1) is 51.8. The fourth-order valence-corrected chi connectivity index (χ4v) is 6.46. The highest BCUT2D eigenvalue weighted by molar-refractivity contribution is 5.76. The Labute approximate surface area is 334 Å². The van der Waals surface area contributed by atoms with E-state index in [1.165, 1.54) is 89.9 Å². The number of aliphatic hydroxyl groups is 2. The minimum absolute atomic E-state index is 0.0406. The molecular formula is C48H87NO5. The van der Waals surface area contributed by atoms with Gasteiger partial charge in [-0.1, -0.05) is 165 Å². The molecule has 314 valence electrons. The molecule has 0 aliphatic rings. The molecule has 54 heavy (non-hydrogen) atoms. The van der Waals surface area contributed by atoms with Crippen molar-refractivity contribution in [3.8, 4) is 0 Å². The molecule has 6 nitrogen and oxygen atoms in total. The Bertz CT molecular complexity index is 926. The Balaban J connectivity index is 3.57. The first-order valence-electron chi connectivity index (χ1n) is 22.9. The van der Waals surface area contributed by atoms with Gasteiger partial charge in [-0.25, -0.2) is 0 Å². The molecule has 3 N–H and O–H groups in total. The van der Waals surface area contributed by atoms with Crippen molar-refractivity contribution in [2.75, 3.05) is 13.2 Å². The SMILES string of the molecule is CCCC/C=C\C/C=C\CCCCCCCC(=O)OCCCCC/C=C\CCCCCCCC(=O)NC(CO)C(O)/C=C/CCCCCCCCCCC. The molecule has 0 aromatic carbocycles. The van der Waals surface area contributed by atoms with Crippen LogP contribution in [0.1, 0.15) is 219 Å². The molecule has 0 fully saturated rings. The minimum Gasteiger partial charge on any atom is -0.466 e. The molecule has 0 spiro atoms. The van der Waals surface area contributed by atoms with Gasteiger partial charge in [-0.05, 0) is 89.9 Å². The lowest BCUT2D eigenvalue weighted by Crippen LogP contribution is -2.45. The molecule has 6 heteroatoms. The molecule has 0 aliphatic heterocycles. The van der Waals surface area contributed by atoms with Crippen molar-refractivity contribution in [1.29, 1.82) is 0 Å². The lowest BCUT2D eigenvalue weighted by Gasteiger charge is -2.20. The summed E-state index contributed by atoms with van der Waals surface area (Å²) in [5.74, 6) is -0.139. The number of hydrogen-bond donors (Lipinski definition) is 3. The van der Waals surface area contributed by atoms with E-state index in [1.54, 1.807) is 6.08 Å². The van der Waals surface area contributed by atoms with Crippen LogP contribution < -0.4 is 5.32 Å². The lowest BCUT2D eigenvalue weighted by molar-refractivity contribution is -0.143. The molecule has 0 aromatic rings. The lowest BCUT2D eigenvalue weighted by atomic mass is 10.1. The summed E-state index contributed by atoms with van der Waals surface area (Å²) in [6.45, 7) is 4.76. The molecular weight excluding hydrogens is 671 g/mol. The molecule has 2 unspecified atom stereocenters. The van der Waals surface area contributed by atoms with Gasteiger partial charge in [0, 0.05) is 12.8 Å². The molecule has 0 aromatic heterocycles. The van der Waals surface area contributed by atoms with Crippen LogP contribution in [-0.4, -0.2) is 47.4 Å². The maximum absolute atomic E-state index is 12.4. The van der Waals surface area contributed by atoms with Crippen LogP contribution in [0.2, 0.25) is 0 Å². The molecule has 1 amide bonds. The quantitative estimate of drug-likeness (QED) is 0.0328. The van der Waals surface area contributed by atoms with Crippen molar-refractivity contribution < 1.29 is 24.5 Å². The third-order valence-electron chi connectivity index (χ3n) is 10.1. The van der Waals surface area contributed by atoms with E-state index in [9.17, 15) is 19.8 Å². The zero-order chi connectivity index (χ0) is 39.4. The van der Waals surface area contributed by atoms with Crippen LogP contribution in [0.25, 0.3) is 0 Å². The van der Waals surface area contributed by atoms with E-state index in [0.717, 1.165) is 103 Å². The summed E-state index contributed by atoms with van der Waals surface area (Å²) >= 11 is 0. The molecule has 2 atom stereocenters. The monoisotopic (exact) mass is 758 g/mol. The number of carbonyl (C=O) groups is 2. The zero-order valence-corrected chi connectivity index (χ0v) is 35.4. The molecule has 0 bridgehead atoms. The fourth-order valence-electron chi connectivity index (χ4n) is 6.46. The number of allylic oxidation sites excluding steroid dienone is 7. The van der Waals surface area contributed by atoms with Crippen molar-refractivity contribution in [1.82, 2.24) is 5.32 Å². The van der Waals surface area contributed by atoms with Crippen LogP contribution in [0, 0.1) is 0 Å². The van der Waals surface area contributed by atoms with Gasteiger partial charge in [0.25, 0.3) is 0 Å². The number of nitrogens with one attached hydrogen (secondary N) is 1. The van der Waals surface area contributed by atoms with Gasteiger partial charge in [-0.3, -0.25) is 9.59 Å². The van der Waals surface area contributed by atoms with E-state index in [0.29, 0.717) is 19.4 Å². The summed E-state index contributed by atoms with van der Waals surface area (Å²) in [4.78, 5) is 24.3. The second kappa shape index (κ2) is 43.5. The highest BCUT2D eigenvalue weighted by Crippen LogP contribution is 2.13. The Morgan fingerprint density at radius 1 is 0.519 bits per heavy atom. The fraction of sp³-hybridized carbons (Fsp3) is 0.792. The largest absolute Gasteiger partial charge is 0.466 e. The summed E-state index contributed by atoms with van der Waals surface area (Å²) in [6, 6.07) is -0.646. The molecule has 0 saturated carbocycles. The molecule has 0 heterocycles. The number of ether oxygens (including phenoxy) is 1. The minimum atomic E-state index is -0.860.